The van der Waals surface area contributed by atoms with E-state index in [0.29, 0.717) is 19.4 Å². The lowest BCUT2D eigenvalue weighted by atomic mass is 10.0. The number of benzene rings is 1. The Morgan fingerprint density at radius 3 is 2.64 bits per heavy atom. The number of hydrogen-bond donors (Lipinski definition) is 3. The molecule has 148 valence electrons. The summed E-state index contributed by atoms with van der Waals surface area (Å²) in [6.07, 6.45) is 2.57. The van der Waals surface area contributed by atoms with Crippen molar-refractivity contribution in [3.8, 4) is 11.1 Å². The van der Waals surface area contributed by atoms with Gasteiger partial charge in [-0.1, -0.05) is 36.8 Å². The highest BCUT2D eigenvalue weighted by Gasteiger charge is 2.17. The average Bonchev–Trinajstić information content (AvgIpc) is 3.03. The summed E-state index contributed by atoms with van der Waals surface area (Å²) in [5.41, 5.74) is 3.49. The van der Waals surface area contributed by atoms with Crippen LogP contribution in [0.2, 0.25) is 0 Å². The zero-order valence-electron chi connectivity index (χ0n) is 16.5. The predicted octanol–water partition coefficient (Wildman–Crippen LogP) is 3.66. The van der Waals surface area contributed by atoms with Crippen molar-refractivity contribution in [2.45, 2.75) is 39.7 Å². The number of hydrogen-bond acceptors (Lipinski definition) is 6. The van der Waals surface area contributed by atoms with Crippen LogP contribution in [0.5, 0.6) is 0 Å². The van der Waals surface area contributed by atoms with Crippen LogP contribution in [0.4, 0.5) is 5.82 Å². The SMILES string of the molecule is CCC(CO)NC(=O)CCNc1ncnc2sc(C)c(-c3ccc(C)cc3)c12. The van der Waals surface area contributed by atoms with Gasteiger partial charge in [-0.2, -0.15) is 0 Å². The molecule has 3 rings (SSSR count). The molecule has 0 fully saturated rings. The normalized spacial score (nSPS) is 12.1. The number of carbonyl (C=O) groups is 1. The number of aliphatic hydroxyl groups excluding tert-OH is 1. The number of aliphatic hydroxyl groups is 1. The van der Waals surface area contributed by atoms with Crippen LogP contribution in [-0.2, 0) is 4.79 Å². The summed E-state index contributed by atoms with van der Waals surface area (Å²) in [6, 6.07) is 8.25. The number of nitrogens with one attached hydrogen (secondary N) is 2. The van der Waals surface area contributed by atoms with Crippen molar-refractivity contribution in [1.82, 2.24) is 15.3 Å². The van der Waals surface area contributed by atoms with Gasteiger partial charge in [0.05, 0.1) is 18.0 Å². The third-order valence-electron chi connectivity index (χ3n) is 4.73. The van der Waals surface area contributed by atoms with Crippen LogP contribution >= 0.6 is 11.3 Å². The molecular weight excluding hydrogens is 372 g/mol. The van der Waals surface area contributed by atoms with E-state index < -0.39 is 0 Å². The van der Waals surface area contributed by atoms with E-state index in [0.717, 1.165) is 27.2 Å². The fourth-order valence-electron chi connectivity index (χ4n) is 3.12. The second kappa shape index (κ2) is 9.12. The highest BCUT2D eigenvalue weighted by atomic mass is 32.1. The van der Waals surface area contributed by atoms with Crippen molar-refractivity contribution in [1.29, 1.82) is 0 Å². The second-order valence-corrected chi connectivity index (χ2v) is 8.04. The minimum atomic E-state index is -0.189. The van der Waals surface area contributed by atoms with Crippen molar-refractivity contribution < 1.29 is 9.90 Å². The first-order valence-corrected chi connectivity index (χ1v) is 10.3. The largest absolute Gasteiger partial charge is 0.394 e. The molecule has 3 aromatic rings. The first-order chi connectivity index (χ1) is 13.5. The molecule has 1 atom stereocenters. The second-order valence-electron chi connectivity index (χ2n) is 6.83. The molecule has 0 spiro atoms. The van der Waals surface area contributed by atoms with Crippen molar-refractivity contribution in [2.75, 3.05) is 18.5 Å². The number of carbonyl (C=O) groups excluding carboxylic acids is 1. The Labute approximate surface area is 169 Å². The van der Waals surface area contributed by atoms with Gasteiger partial charge in [-0.3, -0.25) is 4.79 Å². The number of amides is 1. The monoisotopic (exact) mass is 398 g/mol. The summed E-state index contributed by atoms with van der Waals surface area (Å²) >= 11 is 1.65. The summed E-state index contributed by atoms with van der Waals surface area (Å²) in [4.78, 5) is 23.0. The lowest BCUT2D eigenvalue weighted by Gasteiger charge is -2.14. The van der Waals surface area contributed by atoms with Gasteiger partial charge in [0.25, 0.3) is 0 Å². The van der Waals surface area contributed by atoms with E-state index in [1.54, 1.807) is 17.7 Å². The quantitative estimate of drug-likeness (QED) is 0.539. The molecule has 0 aliphatic carbocycles. The highest BCUT2D eigenvalue weighted by Crippen LogP contribution is 2.40. The third-order valence-corrected chi connectivity index (χ3v) is 5.74. The molecule has 0 saturated heterocycles. The summed E-state index contributed by atoms with van der Waals surface area (Å²) in [5, 5.41) is 16.3. The number of aryl methyl sites for hydroxylation is 2. The van der Waals surface area contributed by atoms with Crippen molar-refractivity contribution in [3.63, 3.8) is 0 Å². The fraction of sp³-hybridized carbons (Fsp3) is 0.381. The van der Waals surface area contributed by atoms with Gasteiger partial charge in [-0.25, -0.2) is 9.97 Å². The Morgan fingerprint density at radius 2 is 1.96 bits per heavy atom. The lowest BCUT2D eigenvalue weighted by molar-refractivity contribution is -0.121. The van der Waals surface area contributed by atoms with Gasteiger partial charge in [0.2, 0.25) is 5.91 Å². The predicted molar refractivity (Wildman–Crippen MR) is 115 cm³/mol. The van der Waals surface area contributed by atoms with Gasteiger partial charge in [-0.05, 0) is 25.8 Å². The smallest absolute Gasteiger partial charge is 0.222 e. The van der Waals surface area contributed by atoms with E-state index >= 15 is 0 Å². The van der Waals surface area contributed by atoms with E-state index in [1.165, 1.54) is 10.4 Å². The van der Waals surface area contributed by atoms with Gasteiger partial charge in [0.15, 0.2) is 0 Å². The summed E-state index contributed by atoms with van der Waals surface area (Å²) in [5.74, 6) is 0.658. The molecule has 1 amide bonds. The van der Waals surface area contributed by atoms with Crippen LogP contribution in [0, 0.1) is 13.8 Å². The molecule has 1 unspecified atom stereocenters. The topological polar surface area (TPSA) is 87.1 Å². The third kappa shape index (κ3) is 4.48. The molecule has 3 N–H and O–H groups in total. The molecule has 6 nitrogen and oxygen atoms in total. The number of aromatic nitrogens is 2. The minimum Gasteiger partial charge on any atom is -0.394 e. The zero-order chi connectivity index (χ0) is 20.1. The van der Waals surface area contributed by atoms with Gasteiger partial charge >= 0.3 is 0 Å². The van der Waals surface area contributed by atoms with Gasteiger partial charge in [-0.15, -0.1) is 11.3 Å². The van der Waals surface area contributed by atoms with Crippen LogP contribution in [-0.4, -0.2) is 40.2 Å². The summed E-state index contributed by atoms with van der Waals surface area (Å²) in [7, 11) is 0. The molecular formula is C21H26N4O2S. The molecule has 0 bridgehead atoms. The maximum atomic E-state index is 12.1. The van der Waals surface area contributed by atoms with E-state index in [-0.39, 0.29) is 18.6 Å². The van der Waals surface area contributed by atoms with Gasteiger partial charge < -0.3 is 15.7 Å². The number of fused-ring (bicyclic) bond motifs is 1. The summed E-state index contributed by atoms with van der Waals surface area (Å²) < 4.78 is 0. The molecule has 0 radical (unpaired) electrons. The van der Waals surface area contributed by atoms with Gasteiger partial charge in [0.1, 0.15) is 17.0 Å². The Hall–Kier alpha value is -2.51. The fourth-order valence-corrected chi connectivity index (χ4v) is 4.13. The molecule has 7 heteroatoms. The van der Waals surface area contributed by atoms with Crippen LogP contribution in [0.1, 0.15) is 30.2 Å². The molecule has 0 aliphatic rings. The van der Waals surface area contributed by atoms with Crippen LogP contribution in [0.25, 0.3) is 21.3 Å². The average molecular weight is 399 g/mol. The van der Waals surface area contributed by atoms with E-state index in [1.807, 2.05) is 6.92 Å². The molecule has 1 aromatic carbocycles. The van der Waals surface area contributed by atoms with E-state index in [2.05, 4.69) is 58.7 Å². The maximum Gasteiger partial charge on any atom is 0.222 e. The summed E-state index contributed by atoms with van der Waals surface area (Å²) in [6.45, 7) is 6.52. The minimum absolute atomic E-state index is 0.0453. The number of anilines is 1. The zero-order valence-corrected chi connectivity index (χ0v) is 17.3. The molecule has 0 aliphatic heterocycles. The Kier molecular flexibility index (Phi) is 6.59. The maximum absolute atomic E-state index is 12.1. The van der Waals surface area contributed by atoms with Crippen LogP contribution in [0.3, 0.4) is 0 Å². The molecule has 0 saturated carbocycles. The Morgan fingerprint density at radius 1 is 1.21 bits per heavy atom. The Balaban J connectivity index is 1.80. The Bertz CT molecular complexity index is 949. The van der Waals surface area contributed by atoms with E-state index in [4.69, 9.17) is 0 Å². The van der Waals surface area contributed by atoms with Crippen molar-refractivity contribution in [2.24, 2.45) is 0 Å². The molecule has 28 heavy (non-hydrogen) atoms. The van der Waals surface area contributed by atoms with Crippen molar-refractivity contribution >= 4 is 33.3 Å². The van der Waals surface area contributed by atoms with Crippen LogP contribution < -0.4 is 10.6 Å². The number of thiophene rings is 1. The van der Waals surface area contributed by atoms with E-state index in [9.17, 15) is 9.90 Å². The lowest BCUT2D eigenvalue weighted by Crippen LogP contribution is -2.37. The molecule has 2 heterocycles. The van der Waals surface area contributed by atoms with Crippen molar-refractivity contribution in [3.05, 3.63) is 41.0 Å². The number of rotatable bonds is 8. The van der Waals surface area contributed by atoms with Gasteiger partial charge in [0, 0.05) is 23.4 Å². The highest BCUT2D eigenvalue weighted by molar-refractivity contribution is 7.19. The number of nitrogens with zero attached hydrogens (tertiary/aromatic N) is 2. The first kappa shape index (κ1) is 20.2. The first-order valence-electron chi connectivity index (χ1n) is 9.48. The van der Waals surface area contributed by atoms with Crippen LogP contribution in [0.15, 0.2) is 30.6 Å². The standard InChI is InChI=1S/C21H26N4O2S/c1-4-16(11-26)25-17(27)9-10-22-20-19-18(15-7-5-13(2)6-8-15)14(3)28-21(19)24-12-23-20/h5-8,12,16,26H,4,9-11H2,1-3H3,(H,25,27)(H,22,23,24). The molecule has 2 aromatic heterocycles.